The summed E-state index contributed by atoms with van der Waals surface area (Å²) in [7, 11) is 0. The van der Waals surface area contributed by atoms with Crippen LogP contribution in [0.5, 0.6) is 0 Å². The van der Waals surface area contributed by atoms with Crippen molar-refractivity contribution in [3.63, 3.8) is 0 Å². The van der Waals surface area contributed by atoms with Crippen LogP contribution in [0.4, 0.5) is 4.79 Å². The van der Waals surface area contributed by atoms with Gasteiger partial charge in [0, 0.05) is 12.6 Å². The van der Waals surface area contributed by atoms with Crippen molar-refractivity contribution in [3.8, 4) is 0 Å². The number of benzene rings is 1. The van der Waals surface area contributed by atoms with Gasteiger partial charge < -0.3 is 10.2 Å². The lowest BCUT2D eigenvalue weighted by atomic mass is 9.94. The topological polar surface area (TPSA) is 32.3 Å². The van der Waals surface area contributed by atoms with Gasteiger partial charge in [-0.3, -0.25) is 0 Å². The van der Waals surface area contributed by atoms with Crippen LogP contribution in [0.1, 0.15) is 49.8 Å². The summed E-state index contributed by atoms with van der Waals surface area (Å²) in [6.45, 7) is 2.96. The predicted octanol–water partition coefficient (Wildman–Crippen LogP) is 3.26. The smallest absolute Gasteiger partial charge is 0.318 e. The number of hydrogen-bond acceptors (Lipinski definition) is 1. The molecule has 1 heterocycles. The monoisotopic (exact) mass is 258 g/mol. The van der Waals surface area contributed by atoms with Crippen molar-refractivity contribution in [2.75, 3.05) is 6.54 Å². The normalized spacial score (nSPS) is 23.2. The number of rotatable bonds is 1. The van der Waals surface area contributed by atoms with Crippen LogP contribution in [0.3, 0.4) is 0 Å². The molecule has 1 N–H and O–H groups in total. The summed E-state index contributed by atoms with van der Waals surface area (Å²) < 4.78 is 0. The van der Waals surface area contributed by atoms with E-state index in [9.17, 15) is 4.79 Å². The molecule has 0 spiro atoms. The molecule has 3 nitrogen and oxygen atoms in total. The second-order valence-corrected chi connectivity index (χ2v) is 5.75. The highest BCUT2D eigenvalue weighted by molar-refractivity contribution is 5.75. The van der Waals surface area contributed by atoms with Crippen molar-refractivity contribution < 1.29 is 4.79 Å². The van der Waals surface area contributed by atoms with Crippen molar-refractivity contribution in [3.05, 3.63) is 35.4 Å². The van der Waals surface area contributed by atoms with Crippen LogP contribution in [0.2, 0.25) is 0 Å². The molecule has 0 aromatic heterocycles. The quantitative estimate of drug-likeness (QED) is 0.824. The van der Waals surface area contributed by atoms with E-state index in [1.54, 1.807) is 0 Å². The van der Waals surface area contributed by atoms with E-state index in [2.05, 4.69) is 36.5 Å². The van der Waals surface area contributed by atoms with Gasteiger partial charge in [-0.05, 0) is 37.3 Å². The largest absolute Gasteiger partial charge is 0.335 e. The average molecular weight is 258 g/mol. The first kappa shape index (κ1) is 12.5. The molecule has 1 atom stereocenters. The molecular weight excluding hydrogens is 236 g/mol. The maximum Gasteiger partial charge on any atom is 0.318 e. The maximum atomic E-state index is 12.4. The van der Waals surface area contributed by atoms with Gasteiger partial charge in [0.1, 0.15) is 0 Å². The summed E-state index contributed by atoms with van der Waals surface area (Å²) in [4.78, 5) is 14.4. The molecule has 1 aliphatic carbocycles. The molecule has 1 aliphatic heterocycles. The van der Waals surface area contributed by atoms with E-state index >= 15 is 0 Å². The van der Waals surface area contributed by atoms with Gasteiger partial charge in [0.25, 0.3) is 0 Å². The van der Waals surface area contributed by atoms with Gasteiger partial charge in [0.05, 0.1) is 6.04 Å². The van der Waals surface area contributed by atoms with E-state index in [0.29, 0.717) is 6.04 Å². The Labute approximate surface area is 115 Å². The number of urea groups is 1. The van der Waals surface area contributed by atoms with Crippen molar-refractivity contribution in [1.29, 1.82) is 0 Å². The van der Waals surface area contributed by atoms with Crippen LogP contribution in [-0.2, 0) is 6.42 Å². The molecule has 1 aromatic carbocycles. The Morgan fingerprint density at radius 3 is 2.79 bits per heavy atom. The van der Waals surface area contributed by atoms with Crippen molar-refractivity contribution in [2.24, 2.45) is 0 Å². The minimum absolute atomic E-state index is 0.119. The molecule has 3 heteroatoms. The lowest BCUT2D eigenvalue weighted by Gasteiger charge is -2.36. The fourth-order valence-corrected chi connectivity index (χ4v) is 3.38. The zero-order chi connectivity index (χ0) is 13.2. The highest BCUT2D eigenvalue weighted by Gasteiger charge is 2.28. The summed E-state index contributed by atoms with van der Waals surface area (Å²) in [5.74, 6) is 0. The number of carbonyl (C=O) groups is 1. The van der Waals surface area contributed by atoms with E-state index in [1.165, 1.54) is 24.0 Å². The van der Waals surface area contributed by atoms with Crippen LogP contribution in [-0.4, -0.2) is 23.5 Å². The molecule has 2 aliphatic rings. The zero-order valence-corrected chi connectivity index (χ0v) is 11.6. The fraction of sp³-hybridized carbons (Fsp3) is 0.562. The molecule has 2 amide bonds. The highest BCUT2D eigenvalue weighted by Crippen LogP contribution is 2.29. The summed E-state index contributed by atoms with van der Waals surface area (Å²) in [6.07, 6.45) is 5.76. The Morgan fingerprint density at radius 2 is 2.00 bits per heavy atom. The van der Waals surface area contributed by atoms with E-state index in [-0.39, 0.29) is 12.1 Å². The molecule has 102 valence electrons. The molecule has 1 unspecified atom stereocenters. The number of hydrogen-bond donors (Lipinski definition) is 1. The average Bonchev–Trinajstić information content (AvgIpc) is 2.92. The molecule has 0 saturated heterocycles. The molecule has 19 heavy (non-hydrogen) atoms. The van der Waals surface area contributed by atoms with E-state index < -0.39 is 0 Å². The predicted molar refractivity (Wildman–Crippen MR) is 76.1 cm³/mol. The first-order valence-electron chi connectivity index (χ1n) is 7.40. The van der Waals surface area contributed by atoms with Gasteiger partial charge >= 0.3 is 6.03 Å². The SMILES string of the molecule is CC1c2ccccc2CCN1C(=O)NC1CCCC1. The first-order valence-corrected chi connectivity index (χ1v) is 7.40. The Balaban J connectivity index is 1.70. The Kier molecular flexibility index (Phi) is 3.45. The molecule has 3 rings (SSSR count). The van der Waals surface area contributed by atoms with E-state index in [4.69, 9.17) is 0 Å². The highest BCUT2D eigenvalue weighted by atomic mass is 16.2. The number of fused-ring (bicyclic) bond motifs is 1. The Bertz CT molecular complexity index is 466. The van der Waals surface area contributed by atoms with Crippen LogP contribution >= 0.6 is 0 Å². The fourth-order valence-electron chi connectivity index (χ4n) is 3.38. The third-order valence-corrected chi connectivity index (χ3v) is 4.54. The van der Waals surface area contributed by atoms with Crippen LogP contribution in [0.15, 0.2) is 24.3 Å². The summed E-state index contributed by atoms with van der Waals surface area (Å²) >= 11 is 0. The number of nitrogens with one attached hydrogen (secondary N) is 1. The second kappa shape index (κ2) is 5.24. The standard InChI is InChI=1S/C16H22N2O/c1-12-15-9-5-2-6-13(15)10-11-18(12)16(19)17-14-7-3-4-8-14/h2,5-6,9,12,14H,3-4,7-8,10-11H2,1H3,(H,17,19). The summed E-state index contributed by atoms with van der Waals surface area (Å²) in [6, 6.07) is 9.18. The molecule has 0 bridgehead atoms. The van der Waals surface area contributed by atoms with Crippen LogP contribution in [0, 0.1) is 0 Å². The van der Waals surface area contributed by atoms with Crippen molar-refractivity contribution >= 4 is 6.03 Å². The van der Waals surface area contributed by atoms with Crippen LogP contribution < -0.4 is 5.32 Å². The van der Waals surface area contributed by atoms with Gasteiger partial charge in [0.15, 0.2) is 0 Å². The molecule has 1 saturated carbocycles. The number of carbonyl (C=O) groups excluding carboxylic acids is 1. The molecule has 0 radical (unpaired) electrons. The zero-order valence-electron chi connectivity index (χ0n) is 11.6. The van der Waals surface area contributed by atoms with Gasteiger partial charge in [-0.15, -0.1) is 0 Å². The third kappa shape index (κ3) is 2.46. The van der Waals surface area contributed by atoms with Gasteiger partial charge in [0.2, 0.25) is 0 Å². The molecule has 1 aromatic rings. The minimum Gasteiger partial charge on any atom is -0.335 e. The Hall–Kier alpha value is -1.51. The maximum absolute atomic E-state index is 12.4. The van der Waals surface area contributed by atoms with Crippen LogP contribution in [0.25, 0.3) is 0 Å². The molecular formula is C16H22N2O. The lowest BCUT2D eigenvalue weighted by molar-refractivity contribution is 0.171. The third-order valence-electron chi connectivity index (χ3n) is 4.54. The second-order valence-electron chi connectivity index (χ2n) is 5.75. The minimum atomic E-state index is 0.119. The Morgan fingerprint density at radius 1 is 1.26 bits per heavy atom. The van der Waals surface area contributed by atoms with Gasteiger partial charge in [-0.2, -0.15) is 0 Å². The first-order chi connectivity index (χ1) is 9.25. The van der Waals surface area contributed by atoms with Crippen molar-refractivity contribution in [1.82, 2.24) is 10.2 Å². The summed E-state index contributed by atoms with van der Waals surface area (Å²) in [5, 5.41) is 3.20. The summed E-state index contributed by atoms with van der Waals surface area (Å²) in [5.41, 5.74) is 2.69. The lowest BCUT2D eigenvalue weighted by Crippen LogP contribution is -2.47. The molecule has 1 fully saturated rings. The van der Waals surface area contributed by atoms with E-state index in [0.717, 1.165) is 25.8 Å². The number of amides is 2. The number of nitrogens with zero attached hydrogens (tertiary/aromatic N) is 1. The van der Waals surface area contributed by atoms with Gasteiger partial charge in [-0.1, -0.05) is 37.1 Å². The van der Waals surface area contributed by atoms with Gasteiger partial charge in [-0.25, -0.2) is 4.79 Å². The van der Waals surface area contributed by atoms with Crippen molar-refractivity contribution in [2.45, 2.75) is 51.1 Å². The van der Waals surface area contributed by atoms with E-state index in [1.807, 2.05) is 4.90 Å².